The minimum absolute atomic E-state index is 0.128. The number of benzene rings is 1. The van der Waals surface area contributed by atoms with Crippen LogP contribution in [0.3, 0.4) is 0 Å². The van der Waals surface area contributed by atoms with Crippen molar-refractivity contribution in [2.45, 2.75) is 19.4 Å². The molecule has 0 aliphatic rings. The molecule has 90 valence electrons. The van der Waals surface area contributed by atoms with Crippen molar-refractivity contribution in [2.24, 2.45) is 5.73 Å². The molecule has 0 radical (unpaired) electrons. The molecule has 2 rings (SSSR count). The monoisotopic (exact) mass is 230 g/mol. The molecule has 0 fully saturated rings. The highest BCUT2D eigenvalue weighted by Crippen LogP contribution is 2.20. The third-order valence-corrected chi connectivity index (χ3v) is 3.19. The van der Waals surface area contributed by atoms with Crippen molar-refractivity contribution in [3.05, 3.63) is 30.5 Å². The van der Waals surface area contributed by atoms with Crippen LogP contribution in [0.25, 0.3) is 11.0 Å². The average molecular weight is 230 g/mol. The van der Waals surface area contributed by atoms with E-state index in [9.17, 15) is 0 Å². The van der Waals surface area contributed by atoms with Gasteiger partial charge in [0.15, 0.2) is 0 Å². The van der Waals surface area contributed by atoms with Crippen LogP contribution in [0, 0.1) is 0 Å². The number of aromatic nitrogens is 2. The van der Waals surface area contributed by atoms with Crippen molar-refractivity contribution >= 4 is 16.9 Å². The number of para-hydroxylation sites is 2. The van der Waals surface area contributed by atoms with Gasteiger partial charge in [-0.15, -0.1) is 0 Å². The molecule has 1 aromatic heterocycles. The Hall–Kier alpha value is -1.68. The van der Waals surface area contributed by atoms with E-state index in [4.69, 9.17) is 5.73 Å². The molecule has 1 heterocycles. The van der Waals surface area contributed by atoms with Crippen LogP contribution in [0.5, 0.6) is 0 Å². The lowest BCUT2D eigenvalue weighted by molar-refractivity contribution is 0.494. The van der Waals surface area contributed by atoms with Crippen molar-refractivity contribution < 1.29 is 0 Å². The van der Waals surface area contributed by atoms with E-state index in [1.807, 2.05) is 31.3 Å². The van der Waals surface area contributed by atoms with Crippen molar-refractivity contribution in [3.8, 4) is 0 Å². The third kappa shape index (κ3) is 2.22. The van der Waals surface area contributed by atoms with Crippen LogP contribution in [0.15, 0.2) is 30.5 Å². The zero-order valence-corrected chi connectivity index (χ0v) is 10.5. The van der Waals surface area contributed by atoms with Crippen LogP contribution in [0.4, 0.5) is 5.82 Å². The van der Waals surface area contributed by atoms with Crippen LogP contribution in [0.2, 0.25) is 0 Å². The fourth-order valence-electron chi connectivity index (χ4n) is 1.56. The first-order chi connectivity index (χ1) is 8.04. The molecular weight excluding hydrogens is 212 g/mol. The van der Waals surface area contributed by atoms with E-state index in [-0.39, 0.29) is 5.54 Å². The van der Waals surface area contributed by atoms with Gasteiger partial charge in [-0.3, -0.25) is 4.98 Å². The van der Waals surface area contributed by atoms with Crippen molar-refractivity contribution in [1.82, 2.24) is 9.97 Å². The molecule has 0 aliphatic heterocycles. The quantitative estimate of drug-likeness (QED) is 0.873. The second kappa shape index (κ2) is 4.30. The SMILES string of the molecule is CN(c1cnc2ccccc2n1)C(C)(C)CN. The van der Waals surface area contributed by atoms with Crippen molar-refractivity contribution in [2.75, 3.05) is 18.5 Å². The molecule has 0 bridgehead atoms. The van der Waals surface area contributed by atoms with E-state index in [1.165, 1.54) is 0 Å². The summed E-state index contributed by atoms with van der Waals surface area (Å²) in [7, 11) is 1.99. The summed E-state index contributed by atoms with van der Waals surface area (Å²) in [5.74, 6) is 0.846. The maximum atomic E-state index is 5.77. The van der Waals surface area contributed by atoms with Gasteiger partial charge in [-0.2, -0.15) is 0 Å². The highest BCUT2D eigenvalue weighted by molar-refractivity contribution is 5.75. The van der Waals surface area contributed by atoms with Gasteiger partial charge in [-0.25, -0.2) is 4.98 Å². The minimum atomic E-state index is -0.128. The van der Waals surface area contributed by atoms with Gasteiger partial charge in [0, 0.05) is 19.1 Å². The third-order valence-electron chi connectivity index (χ3n) is 3.19. The number of likely N-dealkylation sites (N-methyl/N-ethyl adjacent to an activating group) is 1. The van der Waals surface area contributed by atoms with E-state index < -0.39 is 0 Å². The van der Waals surface area contributed by atoms with Gasteiger partial charge in [0.2, 0.25) is 0 Å². The highest BCUT2D eigenvalue weighted by Gasteiger charge is 2.23. The number of nitrogens with zero attached hydrogens (tertiary/aromatic N) is 3. The molecule has 0 unspecified atom stereocenters. The fraction of sp³-hybridized carbons (Fsp3) is 0.385. The molecule has 0 saturated heterocycles. The molecule has 2 aromatic rings. The van der Waals surface area contributed by atoms with E-state index in [2.05, 4.69) is 28.7 Å². The lowest BCUT2D eigenvalue weighted by atomic mass is 10.0. The predicted octanol–water partition coefficient (Wildman–Crippen LogP) is 1.80. The Kier molecular flexibility index (Phi) is 2.98. The Labute approximate surface area is 101 Å². The van der Waals surface area contributed by atoms with E-state index in [1.54, 1.807) is 6.20 Å². The molecular formula is C13H18N4. The van der Waals surface area contributed by atoms with Gasteiger partial charge >= 0.3 is 0 Å². The van der Waals surface area contributed by atoms with Gasteiger partial charge in [0.25, 0.3) is 0 Å². The lowest BCUT2D eigenvalue weighted by Crippen LogP contribution is -2.47. The zero-order valence-electron chi connectivity index (χ0n) is 10.5. The first-order valence-corrected chi connectivity index (χ1v) is 5.70. The normalized spacial score (nSPS) is 11.8. The second-order valence-electron chi connectivity index (χ2n) is 4.79. The van der Waals surface area contributed by atoms with Crippen LogP contribution < -0.4 is 10.6 Å². The molecule has 0 atom stereocenters. The number of nitrogens with two attached hydrogens (primary N) is 1. The van der Waals surface area contributed by atoms with Gasteiger partial charge in [0.1, 0.15) is 5.82 Å². The van der Waals surface area contributed by atoms with Gasteiger partial charge in [-0.1, -0.05) is 12.1 Å². The molecule has 4 nitrogen and oxygen atoms in total. The first kappa shape index (κ1) is 11.8. The summed E-state index contributed by atoms with van der Waals surface area (Å²) in [4.78, 5) is 11.1. The Morgan fingerprint density at radius 3 is 2.53 bits per heavy atom. The molecule has 4 heteroatoms. The predicted molar refractivity (Wildman–Crippen MR) is 71.1 cm³/mol. The summed E-state index contributed by atoms with van der Waals surface area (Å²) in [6.45, 7) is 4.74. The van der Waals surface area contributed by atoms with Crippen LogP contribution in [-0.4, -0.2) is 29.1 Å². The molecule has 17 heavy (non-hydrogen) atoms. The van der Waals surface area contributed by atoms with E-state index >= 15 is 0 Å². The highest BCUT2D eigenvalue weighted by atomic mass is 15.2. The minimum Gasteiger partial charge on any atom is -0.352 e. The summed E-state index contributed by atoms with van der Waals surface area (Å²) >= 11 is 0. The van der Waals surface area contributed by atoms with Crippen LogP contribution in [-0.2, 0) is 0 Å². The summed E-state index contributed by atoms with van der Waals surface area (Å²) in [6, 6.07) is 7.86. The van der Waals surface area contributed by atoms with Crippen molar-refractivity contribution in [3.63, 3.8) is 0 Å². The van der Waals surface area contributed by atoms with Gasteiger partial charge in [-0.05, 0) is 26.0 Å². The standard InChI is InChI=1S/C13H18N4/c1-13(2,9-14)17(3)12-8-15-10-6-4-5-7-11(10)16-12/h4-8H,9,14H2,1-3H3. The van der Waals surface area contributed by atoms with E-state index in [0.717, 1.165) is 16.9 Å². The molecule has 2 N–H and O–H groups in total. The average Bonchev–Trinajstić information content (AvgIpc) is 2.37. The van der Waals surface area contributed by atoms with E-state index in [0.29, 0.717) is 6.54 Å². The van der Waals surface area contributed by atoms with Gasteiger partial charge in [0.05, 0.1) is 17.2 Å². The summed E-state index contributed by atoms with van der Waals surface area (Å²) in [5, 5.41) is 0. The Bertz CT molecular complexity index is 522. The largest absolute Gasteiger partial charge is 0.352 e. The molecule has 0 aliphatic carbocycles. The smallest absolute Gasteiger partial charge is 0.148 e. The molecule has 0 saturated carbocycles. The molecule has 0 spiro atoms. The maximum absolute atomic E-state index is 5.77. The van der Waals surface area contributed by atoms with Gasteiger partial charge < -0.3 is 10.6 Å². The fourth-order valence-corrected chi connectivity index (χ4v) is 1.56. The number of hydrogen-bond acceptors (Lipinski definition) is 4. The van der Waals surface area contributed by atoms with Crippen molar-refractivity contribution in [1.29, 1.82) is 0 Å². The number of rotatable bonds is 3. The Morgan fingerprint density at radius 1 is 1.24 bits per heavy atom. The van der Waals surface area contributed by atoms with Crippen LogP contribution >= 0.6 is 0 Å². The zero-order chi connectivity index (χ0) is 12.5. The number of anilines is 1. The first-order valence-electron chi connectivity index (χ1n) is 5.70. The Balaban J connectivity index is 2.43. The number of fused-ring (bicyclic) bond motifs is 1. The summed E-state index contributed by atoms with van der Waals surface area (Å²) < 4.78 is 0. The summed E-state index contributed by atoms with van der Waals surface area (Å²) in [6.07, 6.45) is 1.79. The maximum Gasteiger partial charge on any atom is 0.148 e. The Morgan fingerprint density at radius 2 is 1.88 bits per heavy atom. The van der Waals surface area contributed by atoms with Crippen LogP contribution in [0.1, 0.15) is 13.8 Å². The lowest BCUT2D eigenvalue weighted by Gasteiger charge is -2.35. The summed E-state index contributed by atoms with van der Waals surface area (Å²) in [5.41, 5.74) is 7.46. The topological polar surface area (TPSA) is 55.0 Å². The molecule has 0 amide bonds. The molecule has 1 aromatic carbocycles. The second-order valence-corrected chi connectivity index (χ2v) is 4.79. The number of hydrogen-bond donors (Lipinski definition) is 1.